The minimum absolute atomic E-state index is 0.00313. The first-order valence-corrected chi connectivity index (χ1v) is 12.7. The average molecular weight is 486 g/mol. The van der Waals surface area contributed by atoms with Gasteiger partial charge in [-0.1, -0.05) is 23.5 Å². The van der Waals surface area contributed by atoms with Gasteiger partial charge in [-0.25, -0.2) is 0 Å². The zero-order chi connectivity index (χ0) is 23.2. The van der Waals surface area contributed by atoms with Gasteiger partial charge in [-0.3, -0.25) is 24.1 Å². The van der Waals surface area contributed by atoms with E-state index in [1.54, 1.807) is 11.8 Å². The van der Waals surface area contributed by atoms with Crippen molar-refractivity contribution in [3.63, 3.8) is 0 Å². The van der Waals surface area contributed by atoms with Crippen LogP contribution in [0.1, 0.15) is 22.8 Å². The zero-order valence-electron chi connectivity index (χ0n) is 18.1. The summed E-state index contributed by atoms with van der Waals surface area (Å²) in [5.41, 5.74) is 2.19. The Morgan fingerprint density at radius 2 is 1.79 bits per heavy atom. The quantitative estimate of drug-likeness (QED) is 0.638. The summed E-state index contributed by atoms with van der Waals surface area (Å²) in [4.78, 5) is 56.7. The lowest BCUT2D eigenvalue weighted by atomic mass is 9.68. The maximum absolute atomic E-state index is 13.2. The standard InChI is InChI=1S/C23H23N3O5S2/c1-25(2)10-5-3-9(4-6-10)14-15-11-7-12(18(15)32-20-19(14)33-23(31)24-20)17-16(11)21(29)26(22(17)30)8-13(27)28/h3-6,11-12,14-18H,7-8H2,1-2H3,(H,24,31)(H,27,28)/t11-,12-,14+,15-,16+,17+,18+/m1/s1. The Bertz CT molecular complexity index is 1240. The number of carbonyl (C=O) groups is 3. The molecule has 33 heavy (non-hydrogen) atoms. The monoisotopic (exact) mass is 485 g/mol. The minimum Gasteiger partial charge on any atom is -0.480 e. The molecule has 1 saturated heterocycles. The molecule has 3 fully saturated rings. The fraction of sp³-hybridized carbons (Fsp3) is 0.478. The molecule has 10 heteroatoms. The van der Waals surface area contributed by atoms with E-state index >= 15 is 0 Å². The van der Waals surface area contributed by atoms with Crippen LogP contribution in [0.5, 0.6) is 0 Å². The number of hydrogen-bond acceptors (Lipinski definition) is 7. The fourth-order valence-corrected chi connectivity index (χ4v) is 9.61. The molecule has 2 aliphatic heterocycles. The van der Waals surface area contributed by atoms with Gasteiger partial charge in [-0.2, -0.15) is 0 Å². The van der Waals surface area contributed by atoms with Crippen LogP contribution in [-0.2, 0) is 14.4 Å². The van der Waals surface area contributed by atoms with Gasteiger partial charge in [0.15, 0.2) is 0 Å². The van der Waals surface area contributed by atoms with Crippen LogP contribution >= 0.6 is 23.1 Å². The number of aromatic nitrogens is 1. The minimum atomic E-state index is -1.17. The number of imide groups is 1. The van der Waals surface area contributed by atoms with Gasteiger partial charge in [0.25, 0.3) is 0 Å². The molecule has 2 amide bonds. The Kier molecular flexibility index (Phi) is 4.58. The van der Waals surface area contributed by atoms with E-state index in [9.17, 15) is 24.3 Å². The number of fused-ring (bicyclic) bond motifs is 9. The molecular formula is C23H23N3O5S2. The van der Waals surface area contributed by atoms with Crippen molar-refractivity contribution in [2.24, 2.45) is 29.6 Å². The summed E-state index contributed by atoms with van der Waals surface area (Å²) in [6, 6.07) is 8.33. The number of likely N-dealkylation sites (tertiary alicyclic amines) is 1. The number of hydrogen-bond donors (Lipinski definition) is 2. The number of carbonyl (C=O) groups excluding carboxylic acids is 2. The number of anilines is 1. The molecule has 172 valence electrons. The maximum atomic E-state index is 13.2. The summed E-state index contributed by atoms with van der Waals surface area (Å²) in [7, 11) is 3.97. The van der Waals surface area contributed by atoms with Crippen molar-refractivity contribution in [3.05, 3.63) is 44.4 Å². The summed E-state index contributed by atoms with van der Waals surface area (Å²) >= 11 is 2.87. The topological polar surface area (TPSA) is 111 Å². The molecule has 2 saturated carbocycles. The molecule has 2 aromatic rings. The summed E-state index contributed by atoms with van der Waals surface area (Å²) in [6.07, 6.45) is 0.793. The molecule has 2 bridgehead atoms. The number of thioether (sulfide) groups is 1. The van der Waals surface area contributed by atoms with E-state index < -0.39 is 24.3 Å². The van der Waals surface area contributed by atoms with Gasteiger partial charge in [0.1, 0.15) is 6.54 Å². The first kappa shape index (κ1) is 21.0. The van der Waals surface area contributed by atoms with E-state index in [1.807, 2.05) is 19.0 Å². The van der Waals surface area contributed by atoms with Crippen molar-refractivity contribution in [3.8, 4) is 0 Å². The highest BCUT2D eigenvalue weighted by atomic mass is 32.2. The van der Waals surface area contributed by atoms with Crippen LogP contribution in [0.15, 0.2) is 34.1 Å². The van der Waals surface area contributed by atoms with E-state index in [2.05, 4.69) is 29.2 Å². The number of rotatable bonds is 4. The molecule has 3 heterocycles. The normalized spacial score (nSPS) is 33.8. The first-order valence-electron chi connectivity index (χ1n) is 11.0. The van der Waals surface area contributed by atoms with Gasteiger partial charge in [0.2, 0.25) is 11.8 Å². The number of carboxylic acid groups (broad SMARTS) is 1. The molecule has 0 unspecified atom stereocenters. The molecule has 8 nitrogen and oxygen atoms in total. The number of nitrogens with zero attached hydrogens (tertiary/aromatic N) is 2. The Hall–Kier alpha value is -2.59. The molecule has 2 aliphatic carbocycles. The van der Waals surface area contributed by atoms with Crippen LogP contribution in [0.25, 0.3) is 0 Å². The molecule has 0 radical (unpaired) electrons. The number of carboxylic acids is 1. The van der Waals surface area contributed by atoms with Gasteiger partial charge in [0, 0.05) is 35.8 Å². The fourth-order valence-electron chi connectivity index (χ4n) is 6.72. The lowest BCUT2D eigenvalue weighted by Gasteiger charge is -2.43. The molecule has 4 aliphatic rings. The largest absolute Gasteiger partial charge is 0.480 e. The highest BCUT2D eigenvalue weighted by Gasteiger charge is 2.69. The van der Waals surface area contributed by atoms with Crippen LogP contribution in [-0.4, -0.2) is 58.7 Å². The third-order valence-corrected chi connectivity index (χ3v) is 10.5. The summed E-state index contributed by atoms with van der Waals surface area (Å²) in [5, 5.41) is 10.2. The highest BCUT2D eigenvalue weighted by Crippen LogP contribution is 2.68. The summed E-state index contributed by atoms with van der Waals surface area (Å²) < 4.78 is 0. The van der Waals surface area contributed by atoms with Crippen molar-refractivity contribution in [1.82, 2.24) is 9.88 Å². The third kappa shape index (κ3) is 2.89. The van der Waals surface area contributed by atoms with E-state index in [4.69, 9.17) is 0 Å². The number of H-pyrrole nitrogens is 1. The van der Waals surface area contributed by atoms with Crippen LogP contribution in [0.4, 0.5) is 5.69 Å². The average Bonchev–Trinajstić information content (AvgIpc) is 3.49. The van der Waals surface area contributed by atoms with Gasteiger partial charge in [0.05, 0.1) is 16.9 Å². The molecule has 0 spiro atoms. The van der Waals surface area contributed by atoms with E-state index in [0.717, 1.165) is 32.5 Å². The van der Waals surface area contributed by atoms with Crippen LogP contribution in [0, 0.1) is 29.6 Å². The van der Waals surface area contributed by atoms with Crippen LogP contribution in [0.2, 0.25) is 0 Å². The van der Waals surface area contributed by atoms with Gasteiger partial charge >= 0.3 is 10.8 Å². The second-order valence-corrected chi connectivity index (χ2v) is 11.8. The van der Waals surface area contributed by atoms with Crippen molar-refractivity contribution in [2.45, 2.75) is 22.6 Å². The van der Waals surface area contributed by atoms with Crippen LogP contribution in [0.3, 0.4) is 0 Å². The molecule has 7 atom stereocenters. The first-order chi connectivity index (χ1) is 15.8. The Labute approximate surface area is 198 Å². The van der Waals surface area contributed by atoms with Gasteiger partial charge < -0.3 is 15.0 Å². The predicted octanol–water partition coefficient (Wildman–Crippen LogP) is 2.06. The van der Waals surface area contributed by atoms with E-state index in [1.165, 1.54) is 11.3 Å². The number of aromatic amines is 1. The molecular weight excluding hydrogens is 462 g/mol. The maximum Gasteiger partial charge on any atom is 0.323 e. The molecule has 2 N–H and O–H groups in total. The molecule has 1 aromatic heterocycles. The zero-order valence-corrected chi connectivity index (χ0v) is 19.7. The second kappa shape index (κ2) is 7.20. The number of aliphatic carboxylic acids is 1. The molecule has 1 aromatic carbocycles. The van der Waals surface area contributed by atoms with E-state index in [0.29, 0.717) is 0 Å². The van der Waals surface area contributed by atoms with Crippen molar-refractivity contribution < 1.29 is 19.5 Å². The van der Waals surface area contributed by atoms with Gasteiger partial charge in [-0.05, 0) is 41.9 Å². The lowest BCUT2D eigenvalue weighted by Crippen LogP contribution is -2.42. The Morgan fingerprint density at radius 3 is 2.42 bits per heavy atom. The second-order valence-electron chi connectivity index (χ2n) is 9.60. The SMILES string of the molecule is CN(C)c1ccc([C@@H]2c3sc(=O)[nH]c3S[C@H]3[C@@H]4C[C@@H]([C@@H]5C(=O)N(CC(=O)O)C(=O)[C@@H]45)[C@H]23)cc1. The van der Waals surface area contributed by atoms with Crippen molar-refractivity contribution in [1.29, 1.82) is 0 Å². The lowest BCUT2D eigenvalue weighted by molar-refractivity contribution is -0.149. The Morgan fingerprint density at radius 1 is 1.12 bits per heavy atom. The molecule has 6 rings (SSSR count). The highest BCUT2D eigenvalue weighted by molar-refractivity contribution is 8.00. The number of amides is 2. The Balaban J connectivity index is 1.43. The summed E-state index contributed by atoms with van der Waals surface area (Å²) in [6.45, 7) is -0.567. The van der Waals surface area contributed by atoms with E-state index in [-0.39, 0.29) is 45.6 Å². The smallest absolute Gasteiger partial charge is 0.323 e. The van der Waals surface area contributed by atoms with Crippen LogP contribution < -0.4 is 9.77 Å². The predicted molar refractivity (Wildman–Crippen MR) is 124 cm³/mol. The van der Waals surface area contributed by atoms with Gasteiger partial charge in [-0.15, -0.1) is 11.8 Å². The number of thiazole rings is 1. The summed E-state index contributed by atoms with van der Waals surface area (Å²) in [5.74, 6) is -2.65. The van der Waals surface area contributed by atoms with Crippen molar-refractivity contribution >= 4 is 46.6 Å². The van der Waals surface area contributed by atoms with Crippen molar-refractivity contribution in [2.75, 3.05) is 25.5 Å². The third-order valence-electron chi connectivity index (χ3n) is 7.88. The number of benzene rings is 1. The number of nitrogens with one attached hydrogen (secondary N) is 1.